The maximum atomic E-state index is 13.7. The molecule has 0 radical (unpaired) electrons. The molecule has 2 unspecified atom stereocenters. The molecular formula is C15H17F4NO. The minimum Gasteiger partial charge on any atom is -0.385 e. The molecule has 116 valence electrons. The molecule has 2 atom stereocenters. The molecule has 1 aromatic carbocycles. The van der Waals surface area contributed by atoms with Gasteiger partial charge in [0.25, 0.3) is 0 Å². The van der Waals surface area contributed by atoms with Crippen molar-refractivity contribution in [2.75, 3.05) is 0 Å². The van der Waals surface area contributed by atoms with Gasteiger partial charge < -0.3 is 10.4 Å². The largest absolute Gasteiger partial charge is 0.419 e. The molecule has 2 saturated heterocycles. The summed E-state index contributed by atoms with van der Waals surface area (Å²) in [6.45, 7) is 0. The highest BCUT2D eigenvalue weighted by atomic mass is 19.4. The zero-order valence-electron chi connectivity index (χ0n) is 11.4. The second-order valence-electron chi connectivity index (χ2n) is 6.12. The molecule has 0 aliphatic carbocycles. The van der Waals surface area contributed by atoms with Gasteiger partial charge in [-0.05, 0) is 43.4 Å². The van der Waals surface area contributed by atoms with Crippen LogP contribution in [0, 0.1) is 5.82 Å². The summed E-state index contributed by atoms with van der Waals surface area (Å²) in [5.41, 5.74) is -2.29. The summed E-state index contributed by atoms with van der Waals surface area (Å²) in [7, 11) is 0. The van der Waals surface area contributed by atoms with Crippen LogP contribution in [0.15, 0.2) is 18.2 Å². The SMILES string of the molecule is OC1(c2ccc(C(F)(F)F)c(F)c2)CC2CCCC(C1)N2. The fraction of sp³-hybridized carbons (Fsp3) is 0.600. The zero-order valence-corrected chi connectivity index (χ0v) is 11.4. The van der Waals surface area contributed by atoms with E-state index in [0.717, 1.165) is 31.4 Å². The van der Waals surface area contributed by atoms with Gasteiger partial charge in [0.15, 0.2) is 0 Å². The molecule has 21 heavy (non-hydrogen) atoms. The molecule has 2 nitrogen and oxygen atoms in total. The van der Waals surface area contributed by atoms with E-state index >= 15 is 0 Å². The Hall–Kier alpha value is -1.14. The summed E-state index contributed by atoms with van der Waals surface area (Å²) >= 11 is 0. The first-order valence-corrected chi connectivity index (χ1v) is 7.14. The summed E-state index contributed by atoms with van der Waals surface area (Å²) < 4.78 is 51.5. The molecule has 2 bridgehead atoms. The quantitative estimate of drug-likeness (QED) is 0.780. The monoisotopic (exact) mass is 303 g/mol. The molecule has 3 rings (SSSR count). The van der Waals surface area contributed by atoms with Gasteiger partial charge in [-0.15, -0.1) is 0 Å². The summed E-state index contributed by atoms with van der Waals surface area (Å²) in [5.74, 6) is -1.32. The van der Waals surface area contributed by atoms with Crippen molar-refractivity contribution in [2.45, 2.75) is 56.0 Å². The van der Waals surface area contributed by atoms with Gasteiger partial charge in [-0.25, -0.2) is 4.39 Å². The van der Waals surface area contributed by atoms with E-state index in [0.29, 0.717) is 12.8 Å². The lowest BCUT2D eigenvalue weighted by Gasteiger charge is -2.45. The number of alkyl halides is 3. The number of piperidine rings is 2. The fourth-order valence-electron chi connectivity index (χ4n) is 3.60. The van der Waals surface area contributed by atoms with Gasteiger partial charge in [0, 0.05) is 12.1 Å². The molecule has 2 N–H and O–H groups in total. The van der Waals surface area contributed by atoms with Crippen LogP contribution in [-0.4, -0.2) is 17.2 Å². The summed E-state index contributed by atoms with van der Waals surface area (Å²) in [5, 5.41) is 14.2. The van der Waals surface area contributed by atoms with Gasteiger partial charge in [0.05, 0.1) is 11.2 Å². The average molecular weight is 303 g/mol. The Morgan fingerprint density at radius 1 is 1.14 bits per heavy atom. The van der Waals surface area contributed by atoms with Crippen molar-refractivity contribution in [2.24, 2.45) is 0 Å². The van der Waals surface area contributed by atoms with Crippen molar-refractivity contribution < 1.29 is 22.7 Å². The second-order valence-corrected chi connectivity index (χ2v) is 6.12. The number of benzene rings is 1. The summed E-state index contributed by atoms with van der Waals surface area (Å²) in [4.78, 5) is 0. The van der Waals surface area contributed by atoms with E-state index in [1.807, 2.05) is 0 Å². The molecule has 2 aliphatic rings. The summed E-state index contributed by atoms with van der Waals surface area (Å²) in [6, 6.07) is 3.05. The Balaban J connectivity index is 1.91. The highest BCUT2D eigenvalue weighted by molar-refractivity contribution is 5.31. The zero-order chi connectivity index (χ0) is 15.3. The van der Waals surface area contributed by atoms with Gasteiger partial charge in [0.1, 0.15) is 5.82 Å². The van der Waals surface area contributed by atoms with E-state index in [1.165, 1.54) is 6.07 Å². The van der Waals surface area contributed by atoms with Gasteiger partial charge in [0.2, 0.25) is 0 Å². The van der Waals surface area contributed by atoms with Crippen LogP contribution in [0.4, 0.5) is 17.6 Å². The summed E-state index contributed by atoms with van der Waals surface area (Å²) in [6.07, 6.45) is -0.942. The number of fused-ring (bicyclic) bond motifs is 2. The van der Waals surface area contributed by atoms with Crippen molar-refractivity contribution in [1.29, 1.82) is 0 Å². The molecule has 2 heterocycles. The Labute approximate surface area is 120 Å². The van der Waals surface area contributed by atoms with Crippen LogP contribution in [0.5, 0.6) is 0 Å². The highest BCUT2D eigenvalue weighted by Gasteiger charge is 2.43. The Morgan fingerprint density at radius 2 is 1.76 bits per heavy atom. The molecular weight excluding hydrogens is 286 g/mol. The van der Waals surface area contributed by atoms with E-state index < -0.39 is 23.2 Å². The first-order valence-electron chi connectivity index (χ1n) is 7.14. The minimum absolute atomic E-state index is 0.146. The van der Waals surface area contributed by atoms with Crippen LogP contribution in [0.1, 0.15) is 43.2 Å². The minimum atomic E-state index is -4.71. The van der Waals surface area contributed by atoms with E-state index in [-0.39, 0.29) is 17.6 Å². The second kappa shape index (κ2) is 4.95. The third kappa shape index (κ3) is 2.79. The maximum Gasteiger partial charge on any atom is 0.419 e. The predicted octanol–water partition coefficient (Wildman–Crippen LogP) is 3.34. The van der Waals surface area contributed by atoms with Gasteiger partial charge in [-0.1, -0.05) is 12.5 Å². The first-order chi connectivity index (χ1) is 9.78. The van der Waals surface area contributed by atoms with Gasteiger partial charge in [-0.3, -0.25) is 0 Å². The average Bonchev–Trinajstić information content (AvgIpc) is 2.36. The van der Waals surface area contributed by atoms with Gasteiger partial charge in [-0.2, -0.15) is 13.2 Å². The van der Waals surface area contributed by atoms with Crippen molar-refractivity contribution in [3.63, 3.8) is 0 Å². The first kappa shape index (κ1) is 14.8. The predicted molar refractivity (Wildman–Crippen MR) is 69.1 cm³/mol. The number of aliphatic hydroxyl groups is 1. The smallest absolute Gasteiger partial charge is 0.385 e. The van der Waals surface area contributed by atoms with Crippen molar-refractivity contribution in [1.82, 2.24) is 5.32 Å². The number of halogens is 4. The van der Waals surface area contributed by atoms with Crippen LogP contribution in [0.3, 0.4) is 0 Å². The molecule has 0 amide bonds. The van der Waals surface area contributed by atoms with Crippen LogP contribution in [0.2, 0.25) is 0 Å². The van der Waals surface area contributed by atoms with E-state index in [1.54, 1.807) is 0 Å². The molecule has 2 fully saturated rings. The number of rotatable bonds is 1. The van der Waals surface area contributed by atoms with E-state index in [9.17, 15) is 22.7 Å². The number of hydrogen-bond donors (Lipinski definition) is 2. The lowest BCUT2D eigenvalue weighted by Crippen LogP contribution is -2.54. The molecule has 6 heteroatoms. The number of hydrogen-bond acceptors (Lipinski definition) is 2. The Kier molecular flexibility index (Phi) is 3.48. The standard InChI is InChI=1S/C15H17F4NO/c16-13-6-9(4-5-12(13)15(17,18)19)14(21)7-10-2-1-3-11(8-14)20-10/h4-6,10-11,20-21H,1-3,7-8H2. The normalized spacial score (nSPS) is 33.0. The lowest BCUT2D eigenvalue weighted by atomic mass is 9.74. The van der Waals surface area contributed by atoms with Crippen molar-refractivity contribution in [3.8, 4) is 0 Å². The van der Waals surface area contributed by atoms with Crippen LogP contribution in [-0.2, 0) is 11.8 Å². The Bertz CT molecular complexity index is 531. The molecule has 1 aromatic rings. The van der Waals surface area contributed by atoms with Crippen molar-refractivity contribution >= 4 is 0 Å². The highest BCUT2D eigenvalue weighted by Crippen LogP contribution is 2.41. The van der Waals surface area contributed by atoms with Gasteiger partial charge >= 0.3 is 6.18 Å². The maximum absolute atomic E-state index is 13.7. The fourth-order valence-corrected chi connectivity index (χ4v) is 3.60. The third-order valence-corrected chi connectivity index (χ3v) is 4.56. The number of nitrogens with one attached hydrogen (secondary N) is 1. The topological polar surface area (TPSA) is 32.3 Å². The molecule has 0 saturated carbocycles. The lowest BCUT2D eigenvalue weighted by molar-refractivity contribution is -0.140. The Morgan fingerprint density at radius 3 is 2.29 bits per heavy atom. The van der Waals surface area contributed by atoms with Crippen LogP contribution in [0.25, 0.3) is 0 Å². The molecule has 0 aromatic heterocycles. The molecule has 2 aliphatic heterocycles. The molecule has 0 spiro atoms. The third-order valence-electron chi connectivity index (χ3n) is 4.56. The van der Waals surface area contributed by atoms with E-state index in [2.05, 4.69) is 5.32 Å². The van der Waals surface area contributed by atoms with Crippen molar-refractivity contribution in [3.05, 3.63) is 35.1 Å². The van der Waals surface area contributed by atoms with E-state index in [4.69, 9.17) is 0 Å². The van der Waals surface area contributed by atoms with Crippen LogP contribution < -0.4 is 5.32 Å². The van der Waals surface area contributed by atoms with Crippen LogP contribution >= 0.6 is 0 Å².